The van der Waals surface area contributed by atoms with Gasteiger partial charge in [0.15, 0.2) is 0 Å². The van der Waals surface area contributed by atoms with Gasteiger partial charge in [-0.05, 0) is 28.1 Å². The molecule has 5 heteroatoms. The average Bonchev–Trinajstić information content (AvgIpc) is 2.07. The minimum atomic E-state index is -2.48. The van der Waals surface area contributed by atoms with Crippen LogP contribution in [0.1, 0.15) is 0 Å². The van der Waals surface area contributed by atoms with Gasteiger partial charge in [-0.2, -0.15) is 0 Å². The summed E-state index contributed by atoms with van der Waals surface area (Å²) in [6.07, 6.45) is -2.48. The van der Waals surface area contributed by atoms with Crippen molar-refractivity contribution in [3.63, 3.8) is 0 Å². The van der Waals surface area contributed by atoms with Crippen LogP contribution in [-0.4, -0.2) is 13.0 Å². The molecule has 72 valence electrons. The van der Waals surface area contributed by atoms with Gasteiger partial charge in [-0.1, -0.05) is 17.7 Å². The quantitative estimate of drug-likeness (QED) is 0.813. The molecule has 0 radical (unpaired) electrons. The molecule has 0 heterocycles. The van der Waals surface area contributed by atoms with E-state index >= 15 is 0 Å². The molecule has 0 bridgehead atoms. The smallest absolute Gasteiger partial charge is 0.272 e. The van der Waals surface area contributed by atoms with Gasteiger partial charge in [0, 0.05) is 0 Å². The van der Waals surface area contributed by atoms with Gasteiger partial charge in [-0.15, -0.1) is 0 Å². The minimum absolute atomic E-state index is 0.327. The van der Waals surface area contributed by atoms with Crippen LogP contribution in [0.15, 0.2) is 22.7 Å². The zero-order chi connectivity index (χ0) is 9.84. The van der Waals surface area contributed by atoms with E-state index in [0.29, 0.717) is 15.2 Å². The van der Waals surface area contributed by atoms with Crippen molar-refractivity contribution in [2.24, 2.45) is 0 Å². The first kappa shape index (κ1) is 10.7. The van der Waals surface area contributed by atoms with E-state index in [2.05, 4.69) is 15.9 Å². The summed E-state index contributed by atoms with van der Waals surface area (Å²) in [6, 6.07) is 4.84. The Morgan fingerprint density at radius 1 is 1.46 bits per heavy atom. The maximum atomic E-state index is 11.8. The molecule has 1 rings (SSSR count). The van der Waals surface area contributed by atoms with E-state index in [0.717, 1.165) is 0 Å². The van der Waals surface area contributed by atoms with Crippen LogP contribution < -0.4 is 4.74 Å². The molecule has 0 atom stereocenters. The van der Waals surface area contributed by atoms with Crippen molar-refractivity contribution in [2.75, 3.05) is 6.61 Å². The third-order valence-corrected chi connectivity index (χ3v) is 2.64. The second kappa shape index (κ2) is 4.77. The van der Waals surface area contributed by atoms with Gasteiger partial charge in [0.2, 0.25) is 0 Å². The summed E-state index contributed by atoms with van der Waals surface area (Å²) in [7, 11) is 0. The molecular weight excluding hydrogens is 265 g/mol. The van der Waals surface area contributed by atoms with Crippen LogP contribution >= 0.6 is 27.5 Å². The minimum Gasteiger partial charge on any atom is -0.486 e. The van der Waals surface area contributed by atoms with Crippen LogP contribution in [0.4, 0.5) is 8.78 Å². The van der Waals surface area contributed by atoms with Crippen molar-refractivity contribution in [2.45, 2.75) is 6.43 Å². The molecule has 0 aromatic heterocycles. The van der Waals surface area contributed by atoms with Gasteiger partial charge in [-0.25, -0.2) is 8.78 Å². The molecule has 0 unspecified atom stereocenters. The lowest BCUT2D eigenvalue weighted by atomic mass is 10.3. The summed E-state index contributed by atoms with van der Waals surface area (Å²) in [5.74, 6) is 0.327. The maximum Gasteiger partial charge on any atom is 0.272 e. The SMILES string of the molecule is FC(F)COc1cccc(Cl)c1Br. The van der Waals surface area contributed by atoms with E-state index in [1.54, 1.807) is 18.2 Å². The number of halogens is 4. The van der Waals surface area contributed by atoms with E-state index in [-0.39, 0.29) is 0 Å². The van der Waals surface area contributed by atoms with E-state index in [1.165, 1.54) is 0 Å². The Balaban J connectivity index is 2.71. The maximum absolute atomic E-state index is 11.8. The van der Waals surface area contributed by atoms with Gasteiger partial charge in [0.1, 0.15) is 12.4 Å². The fourth-order valence-electron chi connectivity index (χ4n) is 0.748. The van der Waals surface area contributed by atoms with Crippen molar-refractivity contribution >= 4 is 27.5 Å². The summed E-state index contributed by atoms with van der Waals surface area (Å²) < 4.78 is 28.9. The highest BCUT2D eigenvalue weighted by molar-refractivity contribution is 9.10. The van der Waals surface area contributed by atoms with E-state index < -0.39 is 13.0 Å². The first-order valence-corrected chi connectivity index (χ1v) is 4.63. The number of rotatable bonds is 3. The molecule has 13 heavy (non-hydrogen) atoms. The second-order valence-electron chi connectivity index (χ2n) is 2.25. The number of hydrogen-bond acceptors (Lipinski definition) is 1. The van der Waals surface area contributed by atoms with Crippen LogP contribution in [0.25, 0.3) is 0 Å². The lowest BCUT2D eigenvalue weighted by molar-refractivity contribution is 0.0815. The summed E-state index contributed by atoms with van der Waals surface area (Å²) in [4.78, 5) is 0. The summed E-state index contributed by atoms with van der Waals surface area (Å²) in [5.41, 5.74) is 0. The molecule has 0 aliphatic heterocycles. The van der Waals surface area contributed by atoms with Gasteiger partial charge in [0.05, 0.1) is 9.50 Å². The molecular formula is C8H6BrClF2O. The topological polar surface area (TPSA) is 9.23 Å². The Labute approximate surface area is 87.8 Å². The third kappa shape index (κ3) is 3.12. The molecule has 1 aromatic carbocycles. The predicted molar refractivity (Wildman–Crippen MR) is 50.7 cm³/mol. The second-order valence-corrected chi connectivity index (χ2v) is 3.45. The molecule has 1 aromatic rings. The standard InChI is InChI=1S/C8H6BrClF2O/c9-8-5(10)2-1-3-6(8)13-4-7(11)12/h1-3,7H,4H2. The normalized spacial score (nSPS) is 10.5. The molecule has 0 saturated heterocycles. The first-order valence-electron chi connectivity index (χ1n) is 3.46. The van der Waals surface area contributed by atoms with Crippen LogP contribution in [0.2, 0.25) is 5.02 Å². The predicted octanol–water partition coefficient (Wildman–Crippen LogP) is 3.75. The fraction of sp³-hybridized carbons (Fsp3) is 0.250. The Kier molecular flexibility index (Phi) is 3.93. The Morgan fingerprint density at radius 3 is 2.77 bits per heavy atom. The zero-order valence-electron chi connectivity index (χ0n) is 6.44. The van der Waals surface area contributed by atoms with Gasteiger partial charge in [-0.3, -0.25) is 0 Å². The van der Waals surface area contributed by atoms with Crippen LogP contribution in [0.5, 0.6) is 5.75 Å². The average molecular weight is 271 g/mol. The lowest BCUT2D eigenvalue weighted by Crippen LogP contribution is -2.07. The Hall–Kier alpha value is -0.350. The molecule has 0 aliphatic rings. The zero-order valence-corrected chi connectivity index (χ0v) is 8.78. The van der Waals surface area contributed by atoms with Crippen LogP contribution in [-0.2, 0) is 0 Å². The van der Waals surface area contributed by atoms with E-state index in [9.17, 15) is 8.78 Å². The van der Waals surface area contributed by atoms with Gasteiger partial charge >= 0.3 is 0 Å². The lowest BCUT2D eigenvalue weighted by Gasteiger charge is -2.07. The monoisotopic (exact) mass is 270 g/mol. The molecule has 0 amide bonds. The molecule has 0 fully saturated rings. The van der Waals surface area contributed by atoms with Crippen LogP contribution in [0, 0.1) is 0 Å². The molecule has 1 nitrogen and oxygen atoms in total. The summed E-state index contributed by atoms with van der Waals surface area (Å²) in [5, 5.41) is 0.437. The summed E-state index contributed by atoms with van der Waals surface area (Å²) >= 11 is 8.84. The molecule has 0 spiro atoms. The highest BCUT2D eigenvalue weighted by atomic mass is 79.9. The molecule has 0 saturated carbocycles. The number of benzene rings is 1. The number of ether oxygens (including phenoxy) is 1. The number of hydrogen-bond donors (Lipinski definition) is 0. The van der Waals surface area contributed by atoms with Crippen molar-refractivity contribution in [3.8, 4) is 5.75 Å². The third-order valence-electron chi connectivity index (χ3n) is 1.28. The molecule has 0 aliphatic carbocycles. The highest BCUT2D eigenvalue weighted by Gasteiger charge is 2.07. The van der Waals surface area contributed by atoms with Crippen molar-refractivity contribution in [1.82, 2.24) is 0 Å². The Bertz CT molecular complexity index is 293. The van der Waals surface area contributed by atoms with Crippen LogP contribution in [0.3, 0.4) is 0 Å². The van der Waals surface area contributed by atoms with E-state index in [4.69, 9.17) is 16.3 Å². The summed E-state index contributed by atoms with van der Waals surface area (Å²) in [6.45, 7) is -0.626. The van der Waals surface area contributed by atoms with Crippen molar-refractivity contribution in [3.05, 3.63) is 27.7 Å². The Morgan fingerprint density at radius 2 is 2.15 bits per heavy atom. The van der Waals surface area contributed by atoms with E-state index in [1.807, 2.05) is 0 Å². The van der Waals surface area contributed by atoms with Crippen molar-refractivity contribution < 1.29 is 13.5 Å². The first-order chi connectivity index (χ1) is 6.11. The number of alkyl halides is 2. The largest absolute Gasteiger partial charge is 0.486 e. The van der Waals surface area contributed by atoms with Gasteiger partial charge in [0.25, 0.3) is 6.43 Å². The van der Waals surface area contributed by atoms with Gasteiger partial charge < -0.3 is 4.74 Å². The molecule has 0 N–H and O–H groups in total. The highest BCUT2D eigenvalue weighted by Crippen LogP contribution is 2.31. The fourth-order valence-corrected chi connectivity index (χ4v) is 1.29. The van der Waals surface area contributed by atoms with Crippen molar-refractivity contribution in [1.29, 1.82) is 0 Å².